The molecule has 0 spiro atoms. The molecule has 0 radical (unpaired) electrons. The second kappa shape index (κ2) is 19.8. The molecule has 0 fully saturated rings. The van der Waals surface area contributed by atoms with Crippen LogP contribution in [0.2, 0.25) is 0 Å². The van der Waals surface area contributed by atoms with Gasteiger partial charge in [-0.2, -0.15) is 25.3 Å². The molecule has 0 aromatic carbocycles. The zero-order valence-corrected chi connectivity index (χ0v) is 28.6. The summed E-state index contributed by atoms with van der Waals surface area (Å²) in [6, 6.07) is 0. The summed E-state index contributed by atoms with van der Waals surface area (Å²) >= 11 is 0. The predicted molar refractivity (Wildman–Crippen MR) is 167 cm³/mol. The summed E-state index contributed by atoms with van der Waals surface area (Å²) in [5.41, 5.74) is 0. The Balaban J connectivity index is 0.000000276. The Morgan fingerprint density at radius 2 is 1.16 bits per heavy atom. The fourth-order valence-corrected chi connectivity index (χ4v) is 3.01. The van der Waals surface area contributed by atoms with Gasteiger partial charge in [-0.25, -0.2) is 15.0 Å². The van der Waals surface area contributed by atoms with Gasteiger partial charge in [0.25, 0.3) is 0 Å². The average Bonchev–Trinajstić information content (AvgIpc) is 3.81. The Hall–Kier alpha value is -4.30. The van der Waals surface area contributed by atoms with Crippen LogP contribution in [0.1, 0.15) is 147 Å². The number of nitrogens with one attached hydrogen (secondary N) is 2. The number of hydrogen-bond acceptors (Lipinski definition) is 12. The standard InChI is InChI=1S/C7H12N2O.C6H11N3.C6H10N2O.2C5H9N3/c1-4-6-8-7(5(2)3)10-9-6;1-5(2)6-7-4-8-9(6)3;1-4(2)6-7-5(3)8-9-6;2*1-4(2)5-6-3-7-8-5/h5H,4H2,1-3H3;4-5H,1-3H3;4H,1-3H3;2*3-4H,1-2H3,(H,6,7,8). The second-order valence-electron chi connectivity index (χ2n) is 11.3. The molecule has 5 aromatic heterocycles. The highest BCUT2D eigenvalue weighted by Gasteiger charge is 2.07. The van der Waals surface area contributed by atoms with Gasteiger partial charge < -0.3 is 9.05 Å². The topological polar surface area (TPSA) is 192 Å². The number of aromatic nitrogens is 13. The molecule has 5 heterocycles. The lowest BCUT2D eigenvalue weighted by Crippen LogP contribution is -2.00. The van der Waals surface area contributed by atoms with Crippen LogP contribution in [0.25, 0.3) is 0 Å². The summed E-state index contributed by atoms with van der Waals surface area (Å²) in [4.78, 5) is 20.1. The summed E-state index contributed by atoms with van der Waals surface area (Å²) in [5, 5.41) is 24.3. The van der Waals surface area contributed by atoms with Crippen LogP contribution in [0.5, 0.6) is 0 Å². The van der Waals surface area contributed by atoms with Crippen molar-refractivity contribution in [3.05, 3.63) is 59.9 Å². The lowest BCUT2D eigenvalue weighted by molar-refractivity contribution is 0.361. The maximum absolute atomic E-state index is 4.96. The highest BCUT2D eigenvalue weighted by Crippen LogP contribution is 2.11. The third kappa shape index (κ3) is 14.2. The predicted octanol–water partition coefficient (Wildman–Crippen LogP) is 6.05. The van der Waals surface area contributed by atoms with Gasteiger partial charge in [0.2, 0.25) is 11.8 Å². The number of nitrogens with zero attached hydrogens (tertiary/aromatic N) is 11. The number of aryl methyl sites for hydroxylation is 3. The van der Waals surface area contributed by atoms with E-state index < -0.39 is 0 Å². The molecule has 15 nitrogen and oxygen atoms in total. The van der Waals surface area contributed by atoms with Gasteiger partial charge in [0.1, 0.15) is 36.5 Å². The molecule has 5 rings (SSSR count). The van der Waals surface area contributed by atoms with Gasteiger partial charge in [-0.05, 0) is 6.92 Å². The molecule has 0 amide bonds. The van der Waals surface area contributed by atoms with Crippen molar-refractivity contribution in [2.45, 2.75) is 119 Å². The highest BCUT2D eigenvalue weighted by atomic mass is 16.5. The van der Waals surface area contributed by atoms with E-state index in [1.807, 2.05) is 48.6 Å². The molecule has 244 valence electrons. The summed E-state index contributed by atoms with van der Waals surface area (Å²) in [7, 11) is 1.91. The van der Waals surface area contributed by atoms with Gasteiger partial charge in [-0.3, -0.25) is 14.9 Å². The second-order valence-corrected chi connectivity index (χ2v) is 11.3. The molecule has 0 aliphatic heterocycles. The lowest BCUT2D eigenvalue weighted by atomic mass is 10.2. The van der Waals surface area contributed by atoms with E-state index in [2.05, 4.69) is 102 Å². The molecule has 5 aromatic rings. The van der Waals surface area contributed by atoms with E-state index in [1.54, 1.807) is 11.0 Å². The Morgan fingerprint density at radius 1 is 0.659 bits per heavy atom. The van der Waals surface area contributed by atoms with E-state index in [4.69, 9.17) is 9.05 Å². The van der Waals surface area contributed by atoms with Crippen molar-refractivity contribution in [1.29, 1.82) is 0 Å². The van der Waals surface area contributed by atoms with Crippen LogP contribution in [-0.2, 0) is 13.5 Å². The molecule has 0 saturated carbocycles. The molecule has 44 heavy (non-hydrogen) atoms. The summed E-state index contributed by atoms with van der Waals surface area (Å²) in [6.45, 7) is 24.4. The molecule has 0 saturated heterocycles. The van der Waals surface area contributed by atoms with Crippen LogP contribution in [-0.4, -0.2) is 65.4 Å². The van der Waals surface area contributed by atoms with Crippen molar-refractivity contribution in [2.75, 3.05) is 0 Å². The van der Waals surface area contributed by atoms with Crippen LogP contribution in [0.15, 0.2) is 28.0 Å². The highest BCUT2D eigenvalue weighted by molar-refractivity contribution is 4.91. The zero-order valence-electron chi connectivity index (χ0n) is 28.6. The van der Waals surface area contributed by atoms with Crippen molar-refractivity contribution < 1.29 is 9.05 Å². The molecule has 0 unspecified atom stereocenters. The van der Waals surface area contributed by atoms with Crippen LogP contribution in [0, 0.1) is 6.92 Å². The van der Waals surface area contributed by atoms with Crippen molar-refractivity contribution in [2.24, 2.45) is 7.05 Å². The first-order valence-corrected chi connectivity index (χ1v) is 14.9. The van der Waals surface area contributed by atoms with Crippen LogP contribution < -0.4 is 0 Å². The lowest BCUT2D eigenvalue weighted by Gasteiger charge is -2.00. The number of aromatic amines is 2. The van der Waals surface area contributed by atoms with E-state index in [9.17, 15) is 0 Å². The van der Waals surface area contributed by atoms with Crippen LogP contribution >= 0.6 is 0 Å². The summed E-state index contributed by atoms with van der Waals surface area (Å²) in [5.74, 6) is 7.95. The maximum atomic E-state index is 4.96. The molecular formula is C29H51N13O2. The normalized spacial score (nSPS) is 10.6. The number of hydrogen-bond donors (Lipinski definition) is 2. The first kappa shape index (κ1) is 37.7. The van der Waals surface area contributed by atoms with Crippen molar-refractivity contribution in [3.63, 3.8) is 0 Å². The van der Waals surface area contributed by atoms with E-state index in [-0.39, 0.29) is 0 Å². The first-order chi connectivity index (χ1) is 20.8. The summed E-state index contributed by atoms with van der Waals surface area (Å²) < 4.78 is 11.6. The average molecular weight is 614 g/mol. The number of rotatable bonds is 6. The third-order valence-electron chi connectivity index (χ3n) is 5.55. The Bertz CT molecular complexity index is 1330. The SMILES string of the molecule is CC(C)c1ncn[nH]1.CC(C)c1ncn[nH]1.CC(C)c1ncnn1C.CCc1noc(C(C)C)n1.Cc1noc(C(C)C)n1. The van der Waals surface area contributed by atoms with Crippen LogP contribution in [0.3, 0.4) is 0 Å². The largest absolute Gasteiger partial charge is 0.339 e. The fourth-order valence-electron chi connectivity index (χ4n) is 3.01. The zero-order chi connectivity index (χ0) is 33.2. The van der Waals surface area contributed by atoms with Gasteiger partial charge in [0.15, 0.2) is 11.6 Å². The first-order valence-electron chi connectivity index (χ1n) is 14.9. The molecule has 0 aliphatic carbocycles. The Morgan fingerprint density at radius 3 is 1.36 bits per heavy atom. The number of H-pyrrole nitrogens is 2. The molecule has 15 heteroatoms. The maximum Gasteiger partial charge on any atom is 0.229 e. The minimum absolute atomic E-state index is 0.339. The molecule has 0 atom stereocenters. The fraction of sp³-hybridized carbons (Fsp3) is 0.655. The molecular weight excluding hydrogens is 562 g/mol. The molecule has 2 N–H and O–H groups in total. The summed E-state index contributed by atoms with van der Waals surface area (Å²) in [6.07, 6.45) is 5.47. The minimum atomic E-state index is 0.339. The quantitative estimate of drug-likeness (QED) is 0.225. The molecule has 0 bridgehead atoms. The Labute approximate surface area is 260 Å². The van der Waals surface area contributed by atoms with Gasteiger partial charge >= 0.3 is 0 Å². The van der Waals surface area contributed by atoms with Crippen molar-refractivity contribution in [3.8, 4) is 0 Å². The van der Waals surface area contributed by atoms with Gasteiger partial charge in [0.05, 0.1) is 0 Å². The van der Waals surface area contributed by atoms with E-state index in [0.717, 1.165) is 35.6 Å². The minimum Gasteiger partial charge on any atom is -0.339 e. The Kier molecular flexibility index (Phi) is 17.0. The van der Waals surface area contributed by atoms with Gasteiger partial charge in [0, 0.05) is 43.1 Å². The van der Waals surface area contributed by atoms with Gasteiger partial charge in [-0.15, -0.1) is 0 Å². The smallest absolute Gasteiger partial charge is 0.229 e. The van der Waals surface area contributed by atoms with Crippen LogP contribution in [0.4, 0.5) is 0 Å². The van der Waals surface area contributed by atoms with E-state index in [0.29, 0.717) is 41.3 Å². The van der Waals surface area contributed by atoms with Crippen molar-refractivity contribution in [1.82, 2.24) is 65.4 Å². The monoisotopic (exact) mass is 613 g/mol. The third-order valence-corrected chi connectivity index (χ3v) is 5.55. The van der Waals surface area contributed by atoms with E-state index in [1.165, 1.54) is 12.7 Å². The molecule has 0 aliphatic rings. The van der Waals surface area contributed by atoms with E-state index >= 15 is 0 Å². The van der Waals surface area contributed by atoms with Gasteiger partial charge in [-0.1, -0.05) is 86.5 Å². The van der Waals surface area contributed by atoms with Crippen molar-refractivity contribution >= 4 is 0 Å².